The third-order valence-electron chi connectivity index (χ3n) is 6.53. The van der Waals surface area contributed by atoms with E-state index < -0.39 is 22.2 Å². The summed E-state index contributed by atoms with van der Waals surface area (Å²) in [5.74, 6) is -0.00572. The zero-order valence-corrected chi connectivity index (χ0v) is 18.5. The lowest BCUT2D eigenvalue weighted by atomic mass is 9.87. The average molecular weight is 443 g/mol. The molecule has 2 fully saturated rings. The highest BCUT2D eigenvalue weighted by Gasteiger charge is 2.40. The van der Waals surface area contributed by atoms with Crippen LogP contribution >= 0.6 is 0 Å². The van der Waals surface area contributed by atoms with Crippen LogP contribution in [0.2, 0.25) is 0 Å². The monoisotopic (exact) mass is 442 g/mol. The van der Waals surface area contributed by atoms with Crippen molar-refractivity contribution in [1.82, 2.24) is 9.21 Å². The largest absolute Gasteiger partial charge is 0.388 e. The molecule has 6 nitrogen and oxygen atoms in total. The fraction of sp³-hybridized carbons (Fsp3) is 0.458. The highest BCUT2D eigenvalue weighted by molar-refractivity contribution is 7.89. The summed E-state index contributed by atoms with van der Waals surface area (Å²) < 4.78 is 27.8. The lowest BCUT2D eigenvalue weighted by Crippen LogP contribution is -2.54. The SMILES string of the molecule is O=C(C1CCCCN1S(=O)(=O)c1ccccc1)N1CCC(C(O)c2ccccc2)CC1. The van der Waals surface area contributed by atoms with Crippen molar-refractivity contribution in [2.45, 2.75) is 49.1 Å². The molecule has 2 aromatic rings. The summed E-state index contributed by atoms with van der Waals surface area (Å²) in [6.07, 6.45) is 3.04. The van der Waals surface area contributed by atoms with E-state index in [1.165, 1.54) is 4.31 Å². The maximum Gasteiger partial charge on any atom is 0.243 e. The second-order valence-electron chi connectivity index (χ2n) is 8.46. The van der Waals surface area contributed by atoms with Gasteiger partial charge in [0, 0.05) is 19.6 Å². The van der Waals surface area contributed by atoms with E-state index >= 15 is 0 Å². The van der Waals surface area contributed by atoms with Gasteiger partial charge in [-0.25, -0.2) is 8.42 Å². The third-order valence-corrected chi connectivity index (χ3v) is 8.45. The van der Waals surface area contributed by atoms with Gasteiger partial charge in [-0.2, -0.15) is 4.31 Å². The second-order valence-corrected chi connectivity index (χ2v) is 10.3. The Hall–Kier alpha value is -2.22. The standard InChI is InChI=1S/C24H30N2O4S/c27-23(19-9-3-1-4-10-19)20-14-17-25(18-15-20)24(28)22-13-7-8-16-26(22)31(29,30)21-11-5-2-6-12-21/h1-6,9-12,20,22-23,27H,7-8,13-18H2. The predicted octanol–water partition coefficient (Wildman–Crippen LogP) is 3.20. The molecule has 0 spiro atoms. The molecule has 2 aliphatic heterocycles. The number of hydrogen-bond acceptors (Lipinski definition) is 4. The molecule has 4 rings (SSSR count). The van der Waals surface area contributed by atoms with Gasteiger partial charge in [-0.15, -0.1) is 0 Å². The lowest BCUT2D eigenvalue weighted by molar-refractivity contribution is -0.138. The van der Waals surface area contributed by atoms with Crippen molar-refractivity contribution in [3.05, 3.63) is 66.2 Å². The van der Waals surface area contributed by atoms with Crippen molar-refractivity contribution in [3.8, 4) is 0 Å². The summed E-state index contributed by atoms with van der Waals surface area (Å²) in [6, 6.07) is 17.3. The van der Waals surface area contributed by atoms with Crippen LogP contribution in [-0.2, 0) is 14.8 Å². The van der Waals surface area contributed by atoms with Crippen molar-refractivity contribution in [3.63, 3.8) is 0 Å². The number of nitrogens with zero attached hydrogens (tertiary/aromatic N) is 2. The number of piperidine rings is 2. The van der Waals surface area contributed by atoms with Crippen molar-refractivity contribution < 1.29 is 18.3 Å². The smallest absolute Gasteiger partial charge is 0.243 e. The topological polar surface area (TPSA) is 77.9 Å². The zero-order chi connectivity index (χ0) is 21.8. The Kier molecular flexibility index (Phi) is 6.74. The van der Waals surface area contributed by atoms with Crippen LogP contribution in [0.3, 0.4) is 0 Å². The molecule has 0 saturated carbocycles. The van der Waals surface area contributed by atoms with E-state index in [0.29, 0.717) is 38.9 Å². The molecule has 2 aliphatic rings. The molecule has 166 valence electrons. The number of carbonyl (C=O) groups excluding carboxylic acids is 1. The van der Waals surface area contributed by atoms with Crippen LogP contribution in [-0.4, -0.2) is 54.3 Å². The first-order chi connectivity index (χ1) is 15.0. The predicted molar refractivity (Wildman–Crippen MR) is 119 cm³/mol. The van der Waals surface area contributed by atoms with E-state index in [-0.39, 0.29) is 16.7 Å². The van der Waals surface area contributed by atoms with Gasteiger partial charge < -0.3 is 10.0 Å². The molecular formula is C24H30N2O4S. The van der Waals surface area contributed by atoms with Gasteiger partial charge in [0.25, 0.3) is 0 Å². The molecule has 0 aliphatic carbocycles. The minimum Gasteiger partial charge on any atom is -0.388 e. The Morgan fingerprint density at radius 3 is 2.13 bits per heavy atom. The third kappa shape index (κ3) is 4.68. The molecule has 0 bridgehead atoms. The Bertz CT molecular complexity index is 973. The van der Waals surface area contributed by atoms with Gasteiger partial charge in [0.1, 0.15) is 6.04 Å². The number of hydrogen-bond donors (Lipinski definition) is 1. The van der Waals surface area contributed by atoms with Gasteiger partial charge in [-0.3, -0.25) is 4.79 Å². The van der Waals surface area contributed by atoms with E-state index in [9.17, 15) is 18.3 Å². The molecule has 0 aromatic heterocycles. The molecule has 2 heterocycles. The first-order valence-corrected chi connectivity index (χ1v) is 12.5. The van der Waals surface area contributed by atoms with E-state index in [4.69, 9.17) is 0 Å². The number of amides is 1. The Balaban J connectivity index is 1.44. The maximum absolute atomic E-state index is 13.3. The van der Waals surface area contributed by atoms with Crippen molar-refractivity contribution >= 4 is 15.9 Å². The highest BCUT2D eigenvalue weighted by atomic mass is 32.2. The molecular weight excluding hydrogens is 412 g/mol. The van der Waals surface area contributed by atoms with Gasteiger partial charge in [0.15, 0.2) is 0 Å². The first-order valence-electron chi connectivity index (χ1n) is 11.1. The number of benzene rings is 2. The summed E-state index contributed by atoms with van der Waals surface area (Å²) in [7, 11) is -3.71. The Morgan fingerprint density at radius 1 is 0.871 bits per heavy atom. The molecule has 2 atom stereocenters. The normalized spacial score (nSPS) is 22.2. The summed E-state index contributed by atoms with van der Waals surface area (Å²) in [6.45, 7) is 1.46. The molecule has 1 N–H and O–H groups in total. The van der Waals surface area contributed by atoms with Gasteiger partial charge >= 0.3 is 0 Å². The minimum atomic E-state index is -3.71. The van der Waals surface area contributed by atoms with Gasteiger partial charge in [0.05, 0.1) is 11.0 Å². The quantitative estimate of drug-likeness (QED) is 0.771. The van der Waals surface area contributed by atoms with E-state index in [2.05, 4.69) is 0 Å². The molecule has 0 radical (unpaired) electrons. The number of rotatable bonds is 5. The van der Waals surface area contributed by atoms with Gasteiger partial charge in [0.2, 0.25) is 15.9 Å². The summed E-state index contributed by atoms with van der Waals surface area (Å²) in [4.78, 5) is 15.4. The molecule has 2 saturated heterocycles. The number of sulfonamides is 1. The van der Waals surface area contributed by atoms with Crippen LogP contribution in [0.15, 0.2) is 65.6 Å². The van der Waals surface area contributed by atoms with Crippen molar-refractivity contribution in [2.75, 3.05) is 19.6 Å². The van der Waals surface area contributed by atoms with Crippen LogP contribution < -0.4 is 0 Å². The van der Waals surface area contributed by atoms with E-state index in [1.807, 2.05) is 30.3 Å². The molecule has 2 aromatic carbocycles. The number of likely N-dealkylation sites (tertiary alicyclic amines) is 1. The van der Waals surface area contributed by atoms with Crippen LogP contribution in [0.4, 0.5) is 0 Å². The number of aliphatic hydroxyl groups is 1. The second kappa shape index (κ2) is 9.51. The lowest BCUT2D eigenvalue weighted by Gasteiger charge is -2.40. The van der Waals surface area contributed by atoms with E-state index in [1.54, 1.807) is 35.2 Å². The highest BCUT2D eigenvalue weighted by Crippen LogP contribution is 2.32. The Labute approximate surface area is 184 Å². The van der Waals surface area contributed by atoms with E-state index in [0.717, 1.165) is 18.4 Å². The first kappa shape index (κ1) is 22.0. The molecule has 1 amide bonds. The fourth-order valence-electron chi connectivity index (χ4n) is 4.74. The van der Waals surface area contributed by atoms with Gasteiger partial charge in [-0.05, 0) is 49.3 Å². The van der Waals surface area contributed by atoms with Crippen molar-refractivity contribution in [1.29, 1.82) is 0 Å². The number of aliphatic hydroxyl groups excluding tert-OH is 1. The van der Waals surface area contributed by atoms with Crippen molar-refractivity contribution in [2.24, 2.45) is 5.92 Å². The van der Waals surface area contributed by atoms with Crippen LogP contribution in [0.25, 0.3) is 0 Å². The molecule has 2 unspecified atom stereocenters. The average Bonchev–Trinajstić information content (AvgIpc) is 2.84. The fourth-order valence-corrected chi connectivity index (χ4v) is 6.41. The van der Waals surface area contributed by atoms with Crippen LogP contribution in [0, 0.1) is 5.92 Å². The van der Waals surface area contributed by atoms with Crippen LogP contribution in [0.1, 0.15) is 43.8 Å². The number of carbonyl (C=O) groups is 1. The van der Waals surface area contributed by atoms with Gasteiger partial charge in [-0.1, -0.05) is 55.0 Å². The molecule has 7 heteroatoms. The Morgan fingerprint density at radius 2 is 1.48 bits per heavy atom. The van der Waals surface area contributed by atoms with Crippen LogP contribution in [0.5, 0.6) is 0 Å². The zero-order valence-electron chi connectivity index (χ0n) is 17.6. The summed E-state index contributed by atoms with van der Waals surface area (Å²) in [5.41, 5.74) is 0.902. The summed E-state index contributed by atoms with van der Waals surface area (Å²) in [5, 5.41) is 10.7. The molecule has 31 heavy (non-hydrogen) atoms. The maximum atomic E-state index is 13.3. The summed E-state index contributed by atoms with van der Waals surface area (Å²) >= 11 is 0. The minimum absolute atomic E-state index is 0.0990.